The highest BCUT2D eigenvalue weighted by atomic mass is 35.5. The highest BCUT2D eigenvalue weighted by Crippen LogP contribution is 2.34. The monoisotopic (exact) mass is 465 g/mol. The molecule has 1 N–H and O–H groups in total. The number of benzene rings is 2. The third-order valence-corrected chi connectivity index (χ3v) is 4.63. The molecular weight excluding hydrogens is 454 g/mol. The number of nitrogens with zero attached hydrogens (tertiary/aromatic N) is 4. The van der Waals surface area contributed by atoms with Crippen molar-refractivity contribution in [1.29, 1.82) is 0 Å². The Hall–Kier alpha value is -3.73. The van der Waals surface area contributed by atoms with E-state index in [1.165, 1.54) is 37.4 Å². The molecule has 4 aromatic rings. The number of imidazole rings is 1. The summed E-state index contributed by atoms with van der Waals surface area (Å²) in [6, 6.07) is 7.77. The van der Waals surface area contributed by atoms with Crippen molar-refractivity contribution in [1.82, 2.24) is 19.5 Å². The van der Waals surface area contributed by atoms with Gasteiger partial charge in [-0.05, 0) is 30.3 Å². The minimum atomic E-state index is -4.77. The maximum atomic E-state index is 13.9. The van der Waals surface area contributed by atoms with E-state index in [2.05, 4.69) is 20.3 Å². The molecule has 0 aliphatic carbocycles. The van der Waals surface area contributed by atoms with Crippen molar-refractivity contribution in [3.63, 3.8) is 0 Å². The summed E-state index contributed by atoms with van der Waals surface area (Å²) >= 11 is 5.66. The van der Waals surface area contributed by atoms with Crippen LogP contribution in [0.1, 0.15) is 16.2 Å². The Kier molecular flexibility index (Phi) is 5.43. The van der Waals surface area contributed by atoms with Crippen LogP contribution in [0.5, 0.6) is 5.75 Å². The van der Waals surface area contributed by atoms with E-state index in [0.29, 0.717) is 5.75 Å². The Labute approximate surface area is 182 Å². The molecule has 0 fully saturated rings. The summed E-state index contributed by atoms with van der Waals surface area (Å²) in [5.41, 5.74) is -0.101. The SMILES string of the molecule is COc1ccc2c(c1)nc(C(F)(F)F)n2-c1cnc(NC(=O)c2ccc(Cl)cc2F)cn1. The largest absolute Gasteiger partial charge is 0.497 e. The van der Waals surface area contributed by atoms with Gasteiger partial charge >= 0.3 is 6.18 Å². The van der Waals surface area contributed by atoms with Crippen LogP contribution >= 0.6 is 11.6 Å². The molecule has 2 heterocycles. The van der Waals surface area contributed by atoms with E-state index < -0.39 is 23.7 Å². The Balaban J connectivity index is 1.69. The van der Waals surface area contributed by atoms with E-state index in [-0.39, 0.29) is 33.3 Å². The topological polar surface area (TPSA) is 81.9 Å². The average molecular weight is 466 g/mol. The van der Waals surface area contributed by atoms with Gasteiger partial charge in [0.2, 0.25) is 5.82 Å². The number of ether oxygens (including phenoxy) is 1. The zero-order valence-corrected chi connectivity index (χ0v) is 16.9. The van der Waals surface area contributed by atoms with Crippen molar-refractivity contribution in [3.05, 3.63) is 71.0 Å². The van der Waals surface area contributed by atoms with Gasteiger partial charge in [-0.15, -0.1) is 0 Å². The molecule has 2 aromatic carbocycles. The van der Waals surface area contributed by atoms with Gasteiger partial charge in [-0.1, -0.05) is 11.6 Å². The van der Waals surface area contributed by atoms with Gasteiger partial charge in [0.25, 0.3) is 5.91 Å². The highest BCUT2D eigenvalue weighted by Gasteiger charge is 2.38. The van der Waals surface area contributed by atoms with E-state index in [9.17, 15) is 22.4 Å². The predicted octanol–water partition coefficient (Wildman–Crippen LogP) is 4.89. The average Bonchev–Trinajstić information content (AvgIpc) is 3.13. The van der Waals surface area contributed by atoms with Gasteiger partial charge in [0.15, 0.2) is 11.6 Å². The molecule has 164 valence electrons. The van der Waals surface area contributed by atoms with E-state index in [4.69, 9.17) is 16.3 Å². The Morgan fingerprint density at radius 1 is 1.12 bits per heavy atom. The second-order valence-electron chi connectivity index (χ2n) is 6.46. The lowest BCUT2D eigenvalue weighted by atomic mass is 10.2. The van der Waals surface area contributed by atoms with Crippen LogP contribution in [-0.2, 0) is 6.18 Å². The fourth-order valence-electron chi connectivity index (χ4n) is 2.97. The number of carbonyl (C=O) groups excluding carboxylic acids is 1. The molecule has 0 aliphatic rings. The van der Waals surface area contributed by atoms with Gasteiger partial charge in [-0.3, -0.25) is 9.36 Å². The van der Waals surface area contributed by atoms with Gasteiger partial charge < -0.3 is 10.1 Å². The second kappa shape index (κ2) is 8.08. The van der Waals surface area contributed by atoms with Crippen LogP contribution in [0.2, 0.25) is 5.02 Å². The van der Waals surface area contributed by atoms with E-state index in [1.54, 1.807) is 0 Å². The van der Waals surface area contributed by atoms with Crippen LogP contribution in [0.3, 0.4) is 0 Å². The van der Waals surface area contributed by atoms with Crippen molar-refractivity contribution >= 4 is 34.4 Å². The molecule has 2 aromatic heterocycles. The van der Waals surface area contributed by atoms with E-state index in [1.807, 2.05) is 0 Å². The summed E-state index contributed by atoms with van der Waals surface area (Å²) in [5.74, 6) is -2.79. The van der Waals surface area contributed by atoms with Crippen LogP contribution in [0.4, 0.5) is 23.4 Å². The first-order chi connectivity index (χ1) is 15.2. The number of amides is 1. The normalized spacial score (nSPS) is 11.6. The number of methoxy groups -OCH3 is 1. The zero-order valence-electron chi connectivity index (χ0n) is 16.1. The number of nitrogens with one attached hydrogen (secondary N) is 1. The number of rotatable bonds is 4. The van der Waals surface area contributed by atoms with Gasteiger partial charge in [0.05, 0.1) is 36.1 Å². The summed E-state index contributed by atoms with van der Waals surface area (Å²) in [6.45, 7) is 0. The fourth-order valence-corrected chi connectivity index (χ4v) is 3.13. The Morgan fingerprint density at radius 2 is 1.91 bits per heavy atom. The third-order valence-electron chi connectivity index (χ3n) is 4.40. The molecule has 0 aliphatic heterocycles. The van der Waals surface area contributed by atoms with Crippen molar-refractivity contribution < 1.29 is 27.1 Å². The van der Waals surface area contributed by atoms with Gasteiger partial charge in [0.1, 0.15) is 11.6 Å². The first kappa shape index (κ1) is 21.5. The predicted molar refractivity (Wildman–Crippen MR) is 108 cm³/mol. The summed E-state index contributed by atoms with van der Waals surface area (Å²) in [5, 5.41) is 2.45. The van der Waals surface area contributed by atoms with Gasteiger partial charge in [0, 0.05) is 11.1 Å². The van der Waals surface area contributed by atoms with Crippen LogP contribution in [0.15, 0.2) is 48.8 Å². The number of aromatic nitrogens is 4. The number of halogens is 5. The lowest BCUT2D eigenvalue weighted by Gasteiger charge is -2.11. The van der Waals surface area contributed by atoms with Gasteiger partial charge in [-0.2, -0.15) is 13.2 Å². The molecule has 7 nitrogen and oxygen atoms in total. The maximum Gasteiger partial charge on any atom is 0.450 e. The Bertz CT molecular complexity index is 1320. The molecule has 12 heteroatoms. The fraction of sp³-hybridized carbons (Fsp3) is 0.100. The van der Waals surface area contributed by atoms with Crippen LogP contribution in [0, 0.1) is 5.82 Å². The molecule has 1 amide bonds. The molecule has 0 atom stereocenters. The molecule has 4 rings (SSSR count). The lowest BCUT2D eigenvalue weighted by molar-refractivity contribution is -0.145. The number of anilines is 1. The Morgan fingerprint density at radius 3 is 2.53 bits per heavy atom. The van der Waals surface area contributed by atoms with Crippen molar-refractivity contribution in [2.24, 2.45) is 0 Å². The smallest absolute Gasteiger partial charge is 0.450 e. The molecular formula is C20H12ClF4N5O2. The van der Waals surface area contributed by atoms with Crippen molar-refractivity contribution in [2.45, 2.75) is 6.18 Å². The molecule has 0 bridgehead atoms. The molecule has 0 radical (unpaired) electrons. The summed E-state index contributed by atoms with van der Waals surface area (Å²) < 4.78 is 60.5. The molecule has 0 saturated carbocycles. The number of alkyl halides is 3. The number of carbonyl (C=O) groups is 1. The van der Waals surface area contributed by atoms with Gasteiger partial charge in [-0.25, -0.2) is 19.3 Å². The van der Waals surface area contributed by atoms with Crippen LogP contribution in [-0.4, -0.2) is 32.5 Å². The molecule has 32 heavy (non-hydrogen) atoms. The standard InChI is InChI=1S/C20H12ClF4N5O2/c1-32-11-3-5-15-14(7-11)28-19(20(23,24)25)30(15)17-9-26-16(8-27-17)29-18(31)12-4-2-10(21)6-13(12)22/h2-9H,1H3,(H,26,29,31). The zero-order chi connectivity index (χ0) is 23.0. The third kappa shape index (κ3) is 4.06. The van der Waals surface area contributed by atoms with Crippen molar-refractivity contribution in [3.8, 4) is 11.6 Å². The highest BCUT2D eigenvalue weighted by molar-refractivity contribution is 6.30. The lowest BCUT2D eigenvalue weighted by Crippen LogP contribution is -2.16. The maximum absolute atomic E-state index is 13.9. The summed E-state index contributed by atoms with van der Waals surface area (Å²) in [4.78, 5) is 23.8. The second-order valence-corrected chi connectivity index (χ2v) is 6.90. The molecule has 0 unspecified atom stereocenters. The minimum Gasteiger partial charge on any atom is -0.497 e. The van der Waals surface area contributed by atoms with Crippen LogP contribution < -0.4 is 10.1 Å². The van der Waals surface area contributed by atoms with Crippen LogP contribution in [0.25, 0.3) is 16.9 Å². The number of fused-ring (bicyclic) bond motifs is 1. The molecule has 0 saturated heterocycles. The van der Waals surface area contributed by atoms with Crippen molar-refractivity contribution in [2.75, 3.05) is 12.4 Å². The first-order valence-electron chi connectivity index (χ1n) is 8.90. The van der Waals surface area contributed by atoms with E-state index >= 15 is 0 Å². The summed E-state index contributed by atoms with van der Waals surface area (Å²) in [6.07, 6.45) is -2.68. The number of hydrogen-bond acceptors (Lipinski definition) is 5. The summed E-state index contributed by atoms with van der Waals surface area (Å²) in [7, 11) is 1.39. The number of hydrogen-bond donors (Lipinski definition) is 1. The minimum absolute atomic E-state index is 0.0501. The van der Waals surface area contributed by atoms with E-state index in [0.717, 1.165) is 23.0 Å². The quantitative estimate of drug-likeness (QED) is 0.434. The first-order valence-corrected chi connectivity index (χ1v) is 9.27. The molecule has 0 spiro atoms.